The molecule has 0 spiro atoms. The van der Waals surface area contributed by atoms with Crippen LogP contribution in [0.3, 0.4) is 0 Å². The summed E-state index contributed by atoms with van der Waals surface area (Å²) in [7, 11) is 72.8. The maximum absolute atomic E-state index is 12.1. The van der Waals surface area contributed by atoms with Crippen LogP contribution < -0.4 is 54.1 Å². The van der Waals surface area contributed by atoms with E-state index in [2.05, 4.69) is 17.6 Å². The van der Waals surface area contributed by atoms with E-state index < -0.39 is 23.2 Å². The molecule has 60 heavy (non-hydrogen) atoms. The van der Waals surface area contributed by atoms with Crippen molar-refractivity contribution in [1.29, 1.82) is 0 Å². The van der Waals surface area contributed by atoms with Crippen LogP contribution in [0.25, 0.3) is 49.8 Å². The van der Waals surface area contributed by atoms with E-state index in [9.17, 15) is 15.3 Å². The van der Waals surface area contributed by atoms with Gasteiger partial charge in [0, 0.05) is 23.6 Å². The number of phenols is 3. The third-order valence-electron chi connectivity index (χ3n) is 11.9. The smallest absolute Gasteiger partial charge is 0.150 e. The van der Waals surface area contributed by atoms with Crippen molar-refractivity contribution < 1.29 is 15.3 Å². The molecule has 9 rings (SSSR count). The normalized spacial score (nSPS) is 15.1. The zero-order chi connectivity index (χ0) is 42.8. The third-order valence-corrected chi connectivity index (χ3v) is 11.9. The fourth-order valence-corrected chi connectivity index (χ4v) is 8.94. The number of aromatic nitrogens is 2. The highest BCUT2D eigenvalue weighted by Gasteiger charge is 2.39. The molecule has 1 aromatic heterocycles. The van der Waals surface area contributed by atoms with Gasteiger partial charge in [0.2, 0.25) is 0 Å². The molecule has 0 fully saturated rings. The maximum atomic E-state index is 12.1. The van der Waals surface area contributed by atoms with E-state index in [0.29, 0.717) is 16.7 Å². The summed E-state index contributed by atoms with van der Waals surface area (Å²) in [6, 6.07) is 23.7. The molecule has 0 amide bonds. The second kappa shape index (κ2) is 14.3. The molecule has 5 nitrogen and oxygen atoms in total. The van der Waals surface area contributed by atoms with Gasteiger partial charge in [0.15, 0.2) is 0 Å². The molecule has 1 atom stereocenters. The number of phenolic OH excluding ortho intramolecular Hbond substituents is 3. The number of rotatable bonds is 5. The standard InChI is InChI=1S/C44H21B11N2O3/c1-2-21-56-19-11-3-4-12-20(19)57(21)18-10-6-8-16(14-18)15-7-5-9-17(13-15)22-24-26(33(47)39(53)32(24)46)23(27-25(22)36(50)43(59)44(60)37(27)51)30-31(45)28-29(38(52)42(30)58)35(49)41(55)40(54)34(28)48/h3-14,26,58-60H,2H2,1H3. The van der Waals surface area contributed by atoms with Crippen molar-refractivity contribution >= 4 is 163 Å². The van der Waals surface area contributed by atoms with E-state index in [1.165, 1.54) is 0 Å². The average molecular weight is 745 g/mol. The minimum atomic E-state index is -1.07. The number of hydrogen-bond donors (Lipinski definition) is 3. The molecule has 2 aliphatic rings. The number of nitrogens with zero attached hydrogens (tertiary/aromatic N) is 2. The van der Waals surface area contributed by atoms with Gasteiger partial charge in [-0.2, -0.15) is 0 Å². The first-order valence-corrected chi connectivity index (χ1v) is 18.9. The van der Waals surface area contributed by atoms with E-state index in [1.54, 1.807) is 0 Å². The predicted octanol–water partition coefficient (Wildman–Crippen LogP) is -3.11. The molecular formula is C44H21B11N2O3. The largest absolute Gasteiger partial charge is 0.508 e. The van der Waals surface area contributed by atoms with Crippen LogP contribution in [-0.4, -0.2) is 111 Å². The van der Waals surface area contributed by atoms with Crippen LogP contribution >= 0.6 is 0 Å². The van der Waals surface area contributed by atoms with Gasteiger partial charge in [-0.05, 0) is 101 Å². The van der Waals surface area contributed by atoms with Crippen LogP contribution in [0.2, 0.25) is 0 Å². The molecule has 1 unspecified atom stereocenters. The van der Waals surface area contributed by atoms with Crippen LogP contribution in [0.15, 0.2) is 94.8 Å². The maximum Gasteiger partial charge on any atom is 0.150 e. The van der Waals surface area contributed by atoms with Gasteiger partial charge in [-0.25, -0.2) is 4.98 Å². The van der Waals surface area contributed by atoms with Crippen molar-refractivity contribution in [2.75, 3.05) is 0 Å². The highest BCUT2D eigenvalue weighted by atomic mass is 16.3. The Morgan fingerprint density at radius 3 is 1.80 bits per heavy atom. The first-order valence-electron chi connectivity index (χ1n) is 18.9. The van der Waals surface area contributed by atoms with E-state index in [0.717, 1.165) is 40.1 Å². The van der Waals surface area contributed by atoms with Gasteiger partial charge in [-0.3, -0.25) is 4.57 Å². The summed E-state index contributed by atoms with van der Waals surface area (Å²) in [6.07, 6.45) is 0.718. The second-order valence-corrected chi connectivity index (χ2v) is 15.0. The molecule has 6 aromatic carbocycles. The zero-order valence-electron chi connectivity index (χ0n) is 32.3. The van der Waals surface area contributed by atoms with Crippen molar-refractivity contribution in [3.05, 3.63) is 122 Å². The quantitative estimate of drug-likeness (QED) is 0.129. The number of aryl methyl sites for hydroxylation is 1. The van der Waals surface area contributed by atoms with Crippen molar-refractivity contribution in [3.8, 4) is 34.1 Å². The number of para-hydroxylation sites is 2. The van der Waals surface area contributed by atoms with Gasteiger partial charge in [0.05, 0.1) is 11.0 Å². The topological polar surface area (TPSA) is 78.5 Å². The summed E-state index contributed by atoms with van der Waals surface area (Å²) in [6.45, 7) is 2.07. The summed E-state index contributed by atoms with van der Waals surface area (Å²) in [5.74, 6) is -2.11. The third kappa shape index (κ3) is 5.44. The summed E-state index contributed by atoms with van der Waals surface area (Å²) in [5, 5.41) is 35.1. The van der Waals surface area contributed by atoms with E-state index in [-0.39, 0.29) is 92.5 Å². The number of imidazole rings is 1. The van der Waals surface area contributed by atoms with E-state index >= 15 is 0 Å². The summed E-state index contributed by atoms with van der Waals surface area (Å²) in [5.41, 5.74) is 4.93. The van der Waals surface area contributed by atoms with Gasteiger partial charge in [0.1, 0.15) is 109 Å². The van der Waals surface area contributed by atoms with Gasteiger partial charge in [-0.15, -0.1) is 21.9 Å². The Labute approximate surface area is 361 Å². The molecule has 16 heteroatoms. The van der Waals surface area contributed by atoms with Crippen LogP contribution in [0.1, 0.15) is 23.9 Å². The van der Waals surface area contributed by atoms with Gasteiger partial charge < -0.3 is 15.3 Å². The van der Waals surface area contributed by atoms with E-state index in [4.69, 9.17) is 91.3 Å². The average Bonchev–Trinajstić information content (AvgIpc) is 3.74. The first-order chi connectivity index (χ1) is 28.6. The van der Waals surface area contributed by atoms with Gasteiger partial charge >= 0.3 is 0 Å². The molecular weight excluding hydrogens is 723 g/mol. The molecule has 0 aliphatic heterocycles. The monoisotopic (exact) mass is 746 g/mol. The van der Waals surface area contributed by atoms with E-state index in [1.807, 2.05) is 66.7 Å². The lowest BCUT2D eigenvalue weighted by Gasteiger charge is -2.34. The van der Waals surface area contributed by atoms with Crippen LogP contribution in [-0.2, 0) is 6.42 Å². The Hall–Kier alpha value is -5.62. The summed E-state index contributed by atoms with van der Waals surface area (Å²) < 4.78 is 2.14. The SMILES string of the molecule is [B]C1=C([B])C2C(=C1[B])C(c1cccc(-c3cccc(-n4c(CC)nc5ccccc54)c3)c1)=c1c([B])c(O)c(O)c([B])c1=C2c1c(O)c([B])c2c([B])c([B])c([B])c([B])c2c1[B]. The lowest BCUT2D eigenvalue weighted by atomic mass is 9.59. The van der Waals surface area contributed by atoms with Crippen LogP contribution in [0.4, 0.5) is 0 Å². The first kappa shape index (κ1) is 39.8. The molecule has 7 aromatic rings. The van der Waals surface area contributed by atoms with Crippen LogP contribution in [0.5, 0.6) is 17.2 Å². The van der Waals surface area contributed by atoms with Crippen molar-refractivity contribution in [1.82, 2.24) is 9.55 Å². The molecule has 1 heterocycles. The Balaban J connectivity index is 1.40. The second-order valence-electron chi connectivity index (χ2n) is 15.0. The fraction of sp³-hybridized carbons (Fsp3) is 0.0682. The van der Waals surface area contributed by atoms with Crippen molar-refractivity contribution in [3.63, 3.8) is 0 Å². The fourth-order valence-electron chi connectivity index (χ4n) is 8.94. The van der Waals surface area contributed by atoms with Crippen molar-refractivity contribution in [2.45, 2.75) is 13.3 Å². The predicted molar refractivity (Wildman–Crippen MR) is 253 cm³/mol. The highest BCUT2D eigenvalue weighted by Crippen LogP contribution is 2.48. The molecule has 0 bridgehead atoms. The molecule has 0 saturated heterocycles. The Bertz CT molecular complexity index is 3320. The lowest BCUT2D eigenvalue weighted by molar-refractivity contribution is 0.409. The highest BCUT2D eigenvalue weighted by molar-refractivity contribution is 6.70. The minimum absolute atomic E-state index is 0.0409. The number of fused-ring (bicyclic) bond motifs is 4. The van der Waals surface area contributed by atoms with Gasteiger partial charge in [0.25, 0.3) is 0 Å². The molecule has 22 radical (unpaired) electrons. The summed E-state index contributed by atoms with van der Waals surface area (Å²) >= 11 is 0. The number of aromatic hydroxyl groups is 3. The summed E-state index contributed by atoms with van der Waals surface area (Å²) in [4.78, 5) is 4.86. The molecule has 258 valence electrons. The molecule has 0 saturated carbocycles. The van der Waals surface area contributed by atoms with Gasteiger partial charge in [-0.1, -0.05) is 71.2 Å². The lowest BCUT2D eigenvalue weighted by Crippen LogP contribution is -2.54. The minimum Gasteiger partial charge on any atom is -0.508 e. The number of allylic oxidation sites excluding steroid dienone is 4. The molecule has 2 aliphatic carbocycles. The zero-order valence-corrected chi connectivity index (χ0v) is 32.3. The van der Waals surface area contributed by atoms with Crippen molar-refractivity contribution in [2.24, 2.45) is 5.92 Å². The Morgan fingerprint density at radius 2 is 1.13 bits per heavy atom. The Kier molecular flexibility index (Phi) is 9.46. The number of hydrogen-bond acceptors (Lipinski definition) is 4. The van der Waals surface area contributed by atoms with Crippen LogP contribution in [0, 0.1) is 5.92 Å². The molecule has 3 N–H and O–H groups in total. The number of benzene rings is 6. The Morgan fingerprint density at radius 1 is 0.550 bits per heavy atom.